The van der Waals surface area contributed by atoms with Gasteiger partial charge >= 0.3 is 0 Å². The minimum atomic E-state index is -0.622. The summed E-state index contributed by atoms with van der Waals surface area (Å²) in [4.78, 5) is 30.0. The van der Waals surface area contributed by atoms with E-state index in [2.05, 4.69) is 4.90 Å². The number of aliphatic hydroxyl groups excluding tert-OH is 1. The summed E-state index contributed by atoms with van der Waals surface area (Å²) in [5.41, 5.74) is 1.99. The Labute approximate surface area is 170 Å². The molecule has 6 nitrogen and oxygen atoms in total. The van der Waals surface area contributed by atoms with Gasteiger partial charge in [-0.3, -0.25) is 9.59 Å². The molecule has 0 radical (unpaired) electrons. The standard InChI is InChI=1S/C23H26N2O4/c1-15-5-8-17(9-6-15)20-19(21(26)18-10-7-16(2)29-18)22(27)23(28)25(20)14-13-24-11-3-4-12-24/h5-10,20,27H,3-4,11-14H2,1-2H3. The molecule has 0 spiro atoms. The number of carbonyl (C=O) groups excluding carboxylic acids is 2. The van der Waals surface area contributed by atoms with Gasteiger partial charge in [-0.15, -0.1) is 0 Å². The van der Waals surface area contributed by atoms with Crippen LogP contribution in [0.15, 0.2) is 52.1 Å². The topological polar surface area (TPSA) is 74.0 Å². The van der Waals surface area contributed by atoms with Crippen LogP contribution in [0.5, 0.6) is 0 Å². The average Bonchev–Trinajstić information content (AvgIpc) is 3.43. The van der Waals surface area contributed by atoms with Crippen LogP contribution in [0.2, 0.25) is 0 Å². The van der Waals surface area contributed by atoms with E-state index in [9.17, 15) is 14.7 Å². The molecule has 29 heavy (non-hydrogen) atoms. The first-order valence-electron chi connectivity index (χ1n) is 10.1. The van der Waals surface area contributed by atoms with Crippen molar-refractivity contribution in [1.29, 1.82) is 0 Å². The molecule has 1 aromatic carbocycles. The van der Waals surface area contributed by atoms with Gasteiger partial charge in [-0.25, -0.2) is 0 Å². The van der Waals surface area contributed by atoms with Gasteiger partial charge in [0.1, 0.15) is 5.76 Å². The van der Waals surface area contributed by atoms with Crippen molar-refractivity contribution >= 4 is 11.7 Å². The van der Waals surface area contributed by atoms with Crippen LogP contribution in [0, 0.1) is 13.8 Å². The van der Waals surface area contributed by atoms with Crippen molar-refractivity contribution in [2.24, 2.45) is 0 Å². The van der Waals surface area contributed by atoms with Crippen LogP contribution < -0.4 is 0 Å². The lowest BCUT2D eigenvalue weighted by molar-refractivity contribution is -0.129. The van der Waals surface area contributed by atoms with Gasteiger partial charge < -0.3 is 19.3 Å². The second-order valence-corrected chi connectivity index (χ2v) is 7.86. The summed E-state index contributed by atoms with van der Waals surface area (Å²) in [6.07, 6.45) is 2.33. The maximum absolute atomic E-state index is 13.2. The Morgan fingerprint density at radius 2 is 1.76 bits per heavy atom. The number of amides is 1. The highest BCUT2D eigenvalue weighted by Gasteiger charge is 2.44. The number of aryl methyl sites for hydroxylation is 2. The van der Waals surface area contributed by atoms with E-state index in [1.54, 1.807) is 24.0 Å². The molecule has 1 aromatic heterocycles. The van der Waals surface area contributed by atoms with Crippen LogP contribution in [0.1, 0.15) is 46.3 Å². The van der Waals surface area contributed by atoms with Crippen LogP contribution in [0.25, 0.3) is 0 Å². The molecule has 0 aliphatic carbocycles. The Morgan fingerprint density at radius 1 is 1.07 bits per heavy atom. The zero-order valence-corrected chi connectivity index (χ0v) is 16.9. The van der Waals surface area contributed by atoms with Crippen LogP contribution in [0.4, 0.5) is 0 Å². The minimum Gasteiger partial charge on any atom is -0.503 e. The summed E-state index contributed by atoms with van der Waals surface area (Å²) in [5, 5.41) is 10.7. The molecular formula is C23H26N2O4. The maximum Gasteiger partial charge on any atom is 0.290 e. The molecule has 3 heterocycles. The number of hydrogen-bond acceptors (Lipinski definition) is 5. The summed E-state index contributed by atoms with van der Waals surface area (Å²) in [6, 6.07) is 10.4. The lowest BCUT2D eigenvalue weighted by Crippen LogP contribution is -2.37. The number of Topliss-reactive ketones (excluding diaryl/α,β-unsaturated/α-hetero) is 1. The van der Waals surface area contributed by atoms with E-state index in [0.717, 1.165) is 30.8 Å². The van der Waals surface area contributed by atoms with Gasteiger partial charge in [-0.05, 0) is 57.5 Å². The molecule has 152 valence electrons. The molecule has 0 bridgehead atoms. The van der Waals surface area contributed by atoms with Gasteiger partial charge in [-0.2, -0.15) is 0 Å². The highest BCUT2D eigenvalue weighted by atomic mass is 16.3. The van der Waals surface area contributed by atoms with E-state index in [4.69, 9.17) is 4.42 Å². The third-order valence-electron chi connectivity index (χ3n) is 5.76. The molecule has 1 unspecified atom stereocenters. The highest BCUT2D eigenvalue weighted by molar-refractivity contribution is 6.15. The molecule has 1 fully saturated rings. The molecule has 6 heteroatoms. The van der Waals surface area contributed by atoms with E-state index in [1.165, 1.54) is 12.8 Å². The van der Waals surface area contributed by atoms with E-state index in [1.807, 2.05) is 31.2 Å². The number of ketones is 1. The van der Waals surface area contributed by atoms with Crippen molar-refractivity contribution < 1.29 is 19.1 Å². The molecule has 2 aliphatic rings. The van der Waals surface area contributed by atoms with Crippen LogP contribution in [-0.2, 0) is 4.79 Å². The van der Waals surface area contributed by atoms with E-state index in [0.29, 0.717) is 12.3 Å². The second-order valence-electron chi connectivity index (χ2n) is 7.86. The fraction of sp³-hybridized carbons (Fsp3) is 0.391. The largest absolute Gasteiger partial charge is 0.503 e. The van der Waals surface area contributed by atoms with Crippen molar-refractivity contribution in [1.82, 2.24) is 9.80 Å². The number of likely N-dealkylation sites (tertiary alicyclic amines) is 1. The van der Waals surface area contributed by atoms with Gasteiger partial charge in [0.2, 0.25) is 5.78 Å². The molecule has 2 aliphatic heterocycles. The number of furan rings is 1. The van der Waals surface area contributed by atoms with E-state index in [-0.39, 0.29) is 11.3 Å². The average molecular weight is 394 g/mol. The summed E-state index contributed by atoms with van der Waals surface area (Å²) >= 11 is 0. The summed E-state index contributed by atoms with van der Waals surface area (Å²) in [6.45, 7) is 6.96. The number of aliphatic hydroxyl groups is 1. The predicted octanol–water partition coefficient (Wildman–Crippen LogP) is 3.57. The van der Waals surface area contributed by atoms with Crippen LogP contribution in [0.3, 0.4) is 0 Å². The minimum absolute atomic E-state index is 0.0922. The Bertz CT molecular complexity index is 952. The lowest BCUT2D eigenvalue weighted by atomic mass is 9.94. The third kappa shape index (κ3) is 3.72. The van der Waals surface area contributed by atoms with Gasteiger partial charge in [0.15, 0.2) is 11.5 Å². The van der Waals surface area contributed by atoms with E-state index < -0.39 is 23.5 Å². The molecule has 4 rings (SSSR count). The zero-order valence-electron chi connectivity index (χ0n) is 16.9. The van der Waals surface area contributed by atoms with Crippen molar-refractivity contribution in [2.75, 3.05) is 26.2 Å². The summed E-state index contributed by atoms with van der Waals surface area (Å²) in [7, 11) is 0. The molecule has 2 aromatic rings. The molecular weight excluding hydrogens is 368 g/mol. The number of nitrogens with zero attached hydrogens (tertiary/aromatic N) is 2. The van der Waals surface area contributed by atoms with E-state index >= 15 is 0 Å². The van der Waals surface area contributed by atoms with Crippen molar-refractivity contribution in [3.8, 4) is 0 Å². The number of carbonyl (C=O) groups is 2. The summed E-state index contributed by atoms with van der Waals surface area (Å²) < 4.78 is 5.49. The van der Waals surface area contributed by atoms with Crippen molar-refractivity contribution in [3.63, 3.8) is 0 Å². The van der Waals surface area contributed by atoms with Gasteiger partial charge in [-0.1, -0.05) is 29.8 Å². The summed E-state index contributed by atoms with van der Waals surface area (Å²) in [5.74, 6) is -0.679. The lowest BCUT2D eigenvalue weighted by Gasteiger charge is -2.28. The van der Waals surface area contributed by atoms with Gasteiger partial charge in [0, 0.05) is 13.1 Å². The Hall–Kier alpha value is -2.86. The smallest absolute Gasteiger partial charge is 0.290 e. The van der Waals surface area contributed by atoms with Crippen LogP contribution in [-0.4, -0.2) is 52.8 Å². The Kier molecular flexibility index (Phi) is 5.28. The molecule has 1 N–H and O–H groups in total. The van der Waals surface area contributed by atoms with Gasteiger partial charge in [0.05, 0.1) is 11.6 Å². The quantitative estimate of drug-likeness (QED) is 0.758. The monoisotopic (exact) mass is 394 g/mol. The zero-order chi connectivity index (χ0) is 20.5. The number of benzene rings is 1. The Morgan fingerprint density at radius 3 is 2.38 bits per heavy atom. The SMILES string of the molecule is Cc1ccc(C2C(C(=O)c3ccc(C)o3)=C(O)C(=O)N2CCN2CCCC2)cc1. The van der Waals surface area contributed by atoms with Crippen molar-refractivity contribution in [3.05, 3.63) is 70.4 Å². The predicted molar refractivity (Wildman–Crippen MR) is 109 cm³/mol. The molecule has 1 amide bonds. The normalized spacial score (nSPS) is 20.1. The van der Waals surface area contributed by atoms with Crippen molar-refractivity contribution in [2.45, 2.75) is 32.7 Å². The number of hydrogen-bond donors (Lipinski definition) is 1. The third-order valence-corrected chi connectivity index (χ3v) is 5.76. The molecule has 1 saturated heterocycles. The van der Waals surface area contributed by atoms with Crippen LogP contribution >= 0.6 is 0 Å². The Balaban J connectivity index is 1.69. The maximum atomic E-state index is 13.2. The fourth-order valence-electron chi connectivity index (χ4n) is 4.16. The fourth-order valence-corrected chi connectivity index (χ4v) is 4.16. The first-order chi connectivity index (χ1) is 14.0. The first kappa shape index (κ1) is 19.5. The highest BCUT2D eigenvalue weighted by Crippen LogP contribution is 2.39. The second kappa shape index (κ2) is 7.87. The molecule has 0 saturated carbocycles. The van der Waals surface area contributed by atoms with Gasteiger partial charge in [0.25, 0.3) is 5.91 Å². The first-order valence-corrected chi connectivity index (χ1v) is 10.1. The molecule has 1 atom stereocenters. The number of rotatable bonds is 6.